The van der Waals surface area contributed by atoms with Crippen molar-refractivity contribution in [3.63, 3.8) is 0 Å². The molecule has 1 amide bonds. The summed E-state index contributed by atoms with van der Waals surface area (Å²) in [5.74, 6) is -0.231. The molecule has 14 heavy (non-hydrogen) atoms. The minimum atomic E-state index is -0.139. The lowest BCUT2D eigenvalue weighted by atomic mass is 10.2. The van der Waals surface area contributed by atoms with Gasteiger partial charge in [0.25, 0.3) is 5.91 Å². The maximum Gasteiger partial charge on any atom is 0.261 e. The molecule has 1 rings (SSSR count). The number of carbonyl (C=O) groups excluding carboxylic acids is 1. The third-order valence-corrected chi connectivity index (χ3v) is 2.79. The van der Waals surface area contributed by atoms with Crippen LogP contribution in [0.3, 0.4) is 0 Å². The Kier molecular flexibility index (Phi) is 3.66. The molecule has 0 fully saturated rings. The van der Waals surface area contributed by atoms with Gasteiger partial charge in [-0.3, -0.25) is 4.79 Å². The molecule has 4 heteroatoms. The van der Waals surface area contributed by atoms with E-state index in [1.54, 1.807) is 6.92 Å². The Labute approximate surface area is 87.4 Å². The van der Waals surface area contributed by atoms with Crippen molar-refractivity contribution >= 4 is 17.2 Å². The minimum absolute atomic E-state index is 0.0924. The predicted molar refractivity (Wildman–Crippen MR) is 56.2 cm³/mol. The van der Waals surface area contributed by atoms with Crippen LogP contribution in [0.2, 0.25) is 0 Å². The number of nitrogens with zero attached hydrogens (tertiary/aromatic N) is 1. The van der Waals surface area contributed by atoms with Crippen LogP contribution in [0.5, 0.6) is 0 Å². The summed E-state index contributed by atoms with van der Waals surface area (Å²) in [7, 11) is 0. The van der Waals surface area contributed by atoms with Crippen LogP contribution in [0.25, 0.3) is 0 Å². The van der Waals surface area contributed by atoms with Crippen LogP contribution in [0, 0.1) is 24.2 Å². The molecule has 1 unspecified atom stereocenters. The van der Waals surface area contributed by atoms with Crippen LogP contribution in [-0.2, 0) is 0 Å². The van der Waals surface area contributed by atoms with Crippen molar-refractivity contribution in [2.75, 3.05) is 6.54 Å². The zero-order valence-electron chi connectivity index (χ0n) is 8.20. The highest BCUT2D eigenvalue weighted by Crippen LogP contribution is 2.13. The zero-order valence-corrected chi connectivity index (χ0v) is 9.02. The minimum Gasteiger partial charge on any atom is -0.350 e. The molecule has 0 aliphatic heterocycles. The van der Waals surface area contributed by atoms with E-state index in [1.807, 2.05) is 18.4 Å². The van der Waals surface area contributed by atoms with Crippen molar-refractivity contribution in [3.8, 4) is 6.07 Å². The van der Waals surface area contributed by atoms with E-state index in [2.05, 4.69) is 11.4 Å². The summed E-state index contributed by atoms with van der Waals surface area (Å²) in [6.07, 6.45) is 0. The second-order valence-electron chi connectivity index (χ2n) is 3.23. The Morgan fingerprint density at radius 1 is 1.79 bits per heavy atom. The fourth-order valence-electron chi connectivity index (χ4n) is 0.929. The Morgan fingerprint density at radius 3 is 3.00 bits per heavy atom. The molecule has 0 bridgehead atoms. The van der Waals surface area contributed by atoms with Gasteiger partial charge < -0.3 is 5.32 Å². The molecule has 0 aromatic carbocycles. The van der Waals surface area contributed by atoms with Crippen molar-refractivity contribution in [2.24, 2.45) is 5.92 Å². The zero-order chi connectivity index (χ0) is 10.6. The monoisotopic (exact) mass is 208 g/mol. The van der Waals surface area contributed by atoms with Crippen LogP contribution in [0.15, 0.2) is 11.4 Å². The van der Waals surface area contributed by atoms with Gasteiger partial charge in [-0.15, -0.1) is 11.3 Å². The first-order valence-electron chi connectivity index (χ1n) is 4.36. The third-order valence-electron chi connectivity index (χ3n) is 1.74. The number of thiophene rings is 1. The first-order chi connectivity index (χ1) is 6.63. The molecule has 74 valence electrons. The first-order valence-corrected chi connectivity index (χ1v) is 5.24. The average Bonchev–Trinajstić information content (AvgIpc) is 2.60. The summed E-state index contributed by atoms with van der Waals surface area (Å²) in [5.41, 5.74) is 1.09. The fraction of sp³-hybridized carbons (Fsp3) is 0.400. The highest BCUT2D eigenvalue weighted by molar-refractivity contribution is 7.12. The van der Waals surface area contributed by atoms with E-state index in [0.717, 1.165) is 5.56 Å². The van der Waals surface area contributed by atoms with E-state index >= 15 is 0 Å². The highest BCUT2D eigenvalue weighted by Gasteiger charge is 2.08. The summed E-state index contributed by atoms with van der Waals surface area (Å²) >= 11 is 1.42. The average molecular weight is 208 g/mol. The molecule has 0 aliphatic rings. The Bertz CT molecular complexity index is 364. The van der Waals surface area contributed by atoms with Crippen LogP contribution in [0.4, 0.5) is 0 Å². The van der Waals surface area contributed by atoms with Gasteiger partial charge in [-0.2, -0.15) is 5.26 Å². The van der Waals surface area contributed by atoms with E-state index in [4.69, 9.17) is 5.26 Å². The van der Waals surface area contributed by atoms with Gasteiger partial charge in [0.1, 0.15) is 0 Å². The van der Waals surface area contributed by atoms with Gasteiger partial charge >= 0.3 is 0 Å². The highest BCUT2D eigenvalue weighted by atomic mass is 32.1. The standard InChI is InChI=1S/C10H12N2OS/c1-7-3-9(14-6-7)10(13)12-5-8(2)4-11/h3,6,8H,5H2,1-2H3,(H,12,13). The molecule has 3 nitrogen and oxygen atoms in total. The smallest absolute Gasteiger partial charge is 0.261 e. The second kappa shape index (κ2) is 4.77. The van der Waals surface area contributed by atoms with Gasteiger partial charge in [-0.1, -0.05) is 0 Å². The second-order valence-corrected chi connectivity index (χ2v) is 4.14. The fourth-order valence-corrected chi connectivity index (χ4v) is 1.74. The van der Waals surface area contributed by atoms with Crippen LogP contribution >= 0.6 is 11.3 Å². The van der Waals surface area contributed by atoms with Gasteiger partial charge in [0.2, 0.25) is 0 Å². The number of aryl methyl sites for hydroxylation is 1. The summed E-state index contributed by atoms with van der Waals surface area (Å²) in [5, 5.41) is 13.2. The number of amides is 1. The Morgan fingerprint density at radius 2 is 2.50 bits per heavy atom. The predicted octanol–water partition coefficient (Wildman–Crippen LogP) is 1.95. The van der Waals surface area contributed by atoms with Crippen LogP contribution in [-0.4, -0.2) is 12.5 Å². The van der Waals surface area contributed by atoms with Crippen molar-refractivity contribution in [1.29, 1.82) is 5.26 Å². The lowest BCUT2D eigenvalue weighted by Crippen LogP contribution is -2.27. The molecule has 0 radical (unpaired) electrons. The quantitative estimate of drug-likeness (QED) is 0.825. The van der Waals surface area contributed by atoms with E-state index in [9.17, 15) is 4.79 Å². The number of carbonyl (C=O) groups is 1. The molecule has 1 heterocycles. The lowest BCUT2D eigenvalue weighted by molar-refractivity contribution is 0.0955. The Balaban J connectivity index is 2.48. The van der Waals surface area contributed by atoms with E-state index in [0.29, 0.717) is 11.4 Å². The maximum absolute atomic E-state index is 11.5. The summed E-state index contributed by atoms with van der Waals surface area (Å²) in [6.45, 7) is 4.14. The summed E-state index contributed by atoms with van der Waals surface area (Å²) in [6, 6.07) is 3.91. The van der Waals surface area contributed by atoms with Gasteiger partial charge in [0.15, 0.2) is 0 Å². The largest absolute Gasteiger partial charge is 0.350 e. The number of hydrogen-bond acceptors (Lipinski definition) is 3. The van der Waals surface area contributed by atoms with Gasteiger partial charge in [-0.25, -0.2) is 0 Å². The molecular formula is C10H12N2OS. The number of hydrogen-bond donors (Lipinski definition) is 1. The molecule has 0 saturated heterocycles. The van der Waals surface area contributed by atoms with Crippen molar-refractivity contribution in [2.45, 2.75) is 13.8 Å². The van der Waals surface area contributed by atoms with E-state index < -0.39 is 0 Å². The molecule has 1 aromatic rings. The van der Waals surface area contributed by atoms with E-state index in [-0.39, 0.29) is 11.8 Å². The molecule has 0 aliphatic carbocycles. The molecule has 0 spiro atoms. The topological polar surface area (TPSA) is 52.9 Å². The molecule has 1 aromatic heterocycles. The maximum atomic E-state index is 11.5. The van der Waals surface area contributed by atoms with E-state index in [1.165, 1.54) is 11.3 Å². The number of nitrogens with one attached hydrogen (secondary N) is 1. The van der Waals surface area contributed by atoms with Crippen molar-refractivity contribution in [1.82, 2.24) is 5.32 Å². The van der Waals surface area contributed by atoms with Gasteiger partial charge in [0, 0.05) is 6.54 Å². The SMILES string of the molecule is Cc1csc(C(=O)NCC(C)C#N)c1. The van der Waals surface area contributed by atoms with Crippen LogP contribution in [0.1, 0.15) is 22.2 Å². The summed E-state index contributed by atoms with van der Waals surface area (Å²) < 4.78 is 0. The summed E-state index contributed by atoms with van der Waals surface area (Å²) in [4.78, 5) is 12.2. The number of rotatable bonds is 3. The first kappa shape index (κ1) is 10.7. The van der Waals surface area contributed by atoms with Gasteiger partial charge in [0.05, 0.1) is 16.9 Å². The molecular weight excluding hydrogens is 196 g/mol. The lowest BCUT2D eigenvalue weighted by Gasteiger charge is -2.03. The normalized spacial score (nSPS) is 11.8. The number of nitriles is 1. The molecule has 1 N–H and O–H groups in total. The Hall–Kier alpha value is -1.34. The van der Waals surface area contributed by atoms with Crippen molar-refractivity contribution in [3.05, 3.63) is 21.9 Å². The van der Waals surface area contributed by atoms with Crippen molar-refractivity contribution < 1.29 is 4.79 Å². The van der Waals surface area contributed by atoms with Crippen LogP contribution < -0.4 is 5.32 Å². The molecule has 1 atom stereocenters. The molecule has 0 saturated carbocycles. The third kappa shape index (κ3) is 2.86. The van der Waals surface area contributed by atoms with Gasteiger partial charge in [-0.05, 0) is 30.9 Å².